The summed E-state index contributed by atoms with van der Waals surface area (Å²) >= 11 is 3.01. The van der Waals surface area contributed by atoms with Crippen LogP contribution in [0, 0.1) is 5.82 Å². The van der Waals surface area contributed by atoms with E-state index in [9.17, 15) is 12.8 Å². The fourth-order valence-corrected chi connectivity index (χ4v) is 3.30. The Bertz CT molecular complexity index is 779. The van der Waals surface area contributed by atoms with Crippen molar-refractivity contribution < 1.29 is 12.8 Å². The maximum atomic E-state index is 13.2. The first-order valence-corrected chi connectivity index (χ1v) is 8.47. The maximum absolute atomic E-state index is 13.2. The zero-order valence-corrected chi connectivity index (χ0v) is 13.6. The number of hydrogen-bond acceptors (Lipinski definition) is 3. The molecule has 2 aromatic carbocycles. The Morgan fingerprint density at radius 3 is 2.52 bits per heavy atom. The van der Waals surface area contributed by atoms with Crippen LogP contribution in [0.2, 0.25) is 0 Å². The highest BCUT2D eigenvalue weighted by Gasteiger charge is 2.16. The molecule has 7 heteroatoms. The molecule has 0 saturated carbocycles. The van der Waals surface area contributed by atoms with Crippen LogP contribution in [-0.4, -0.2) is 8.42 Å². The number of rotatable bonds is 4. The summed E-state index contributed by atoms with van der Waals surface area (Å²) in [6.45, 7) is 1.94. The lowest BCUT2D eigenvalue weighted by Crippen LogP contribution is -2.13. The molecular formula is C14H14BrFN2O2S. The Balaban J connectivity index is 2.33. The van der Waals surface area contributed by atoms with Gasteiger partial charge in [0.05, 0.1) is 15.1 Å². The average molecular weight is 373 g/mol. The molecule has 4 nitrogen and oxygen atoms in total. The molecule has 112 valence electrons. The average Bonchev–Trinajstić information content (AvgIpc) is 2.42. The number of nitrogens with one attached hydrogen (secondary N) is 1. The van der Waals surface area contributed by atoms with E-state index < -0.39 is 15.8 Å². The van der Waals surface area contributed by atoms with Gasteiger partial charge in [-0.2, -0.15) is 0 Å². The molecule has 0 radical (unpaired) electrons. The molecule has 0 aliphatic carbocycles. The van der Waals surface area contributed by atoms with Gasteiger partial charge in [0.25, 0.3) is 10.0 Å². The summed E-state index contributed by atoms with van der Waals surface area (Å²) in [6.07, 6.45) is 0.727. The van der Waals surface area contributed by atoms with E-state index in [1.54, 1.807) is 6.07 Å². The molecule has 21 heavy (non-hydrogen) atoms. The minimum atomic E-state index is -3.76. The summed E-state index contributed by atoms with van der Waals surface area (Å²) in [4.78, 5) is 0.0673. The Kier molecular flexibility index (Phi) is 4.53. The van der Waals surface area contributed by atoms with E-state index in [0.29, 0.717) is 5.69 Å². The fourth-order valence-electron chi connectivity index (χ4n) is 1.84. The first-order chi connectivity index (χ1) is 9.83. The van der Waals surface area contributed by atoms with Gasteiger partial charge in [-0.1, -0.05) is 13.0 Å². The van der Waals surface area contributed by atoms with Crippen LogP contribution in [0.1, 0.15) is 12.5 Å². The molecule has 2 aromatic rings. The Morgan fingerprint density at radius 2 is 1.95 bits per heavy atom. The molecule has 2 rings (SSSR count). The normalized spacial score (nSPS) is 11.4. The van der Waals surface area contributed by atoms with Gasteiger partial charge >= 0.3 is 0 Å². The van der Waals surface area contributed by atoms with Gasteiger partial charge in [-0.15, -0.1) is 0 Å². The third-order valence-corrected chi connectivity index (χ3v) is 4.97. The van der Waals surface area contributed by atoms with E-state index in [-0.39, 0.29) is 15.1 Å². The van der Waals surface area contributed by atoms with Crippen molar-refractivity contribution in [3.8, 4) is 0 Å². The van der Waals surface area contributed by atoms with Crippen molar-refractivity contribution in [3.05, 3.63) is 52.3 Å². The van der Waals surface area contributed by atoms with Gasteiger partial charge < -0.3 is 5.73 Å². The van der Waals surface area contributed by atoms with Gasteiger partial charge in [-0.25, -0.2) is 12.8 Å². The number of aryl methyl sites for hydroxylation is 1. The smallest absolute Gasteiger partial charge is 0.261 e. The van der Waals surface area contributed by atoms with E-state index in [0.717, 1.165) is 12.0 Å². The van der Waals surface area contributed by atoms with Crippen molar-refractivity contribution in [1.29, 1.82) is 0 Å². The maximum Gasteiger partial charge on any atom is 0.261 e. The molecule has 0 aromatic heterocycles. The van der Waals surface area contributed by atoms with Crippen molar-refractivity contribution in [2.45, 2.75) is 18.2 Å². The molecule has 0 aliphatic rings. The van der Waals surface area contributed by atoms with Gasteiger partial charge in [-0.05, 0) is 58.2 Å². The van der Waals surface area contributed by atoms with Crippen molar-refractivity contribution in [3.63, 3.8) is 0 Å². The predicted molar refractivity (Wildman–Crippen MR) is 85.1 cm³/mol. The number of nitrogen functional groups attached to an aromatic ring is 1. The van der Waals surface area contributed by atoms with Crippen LogP contribution in [0.15, 0.2) is 45.8 Å². The Morgan fingerprint density at radius 1 is 1.24 bits per heavy atom. The fraction of sp³-hybridized carbons (Fsp3) is 0.143. The number of sulfonamides is 1. The molecule has 0 bridgehead atoms. The minimum Gasteiger partial charge on any atom is -0.398 e. The van der Waals surface area contributed by atoms with Crippen LogP contribution in [0.4, 0.5) is 15.8 Å². The van der Waals surface area contributed by atoms with Crippen LogP contribution in [0.5, 0.6) is 0 Å². The molecule has 0 fully saturated rings. The molecule has 0 atom stereocenters. The Hall–Kier alpha value is -1.60. The van der Waals surface area contributed by atoms with Gasteiger partial charge in [0, 0.05) is 5.69 Å². The topological polar surface area (TPSA) is 72.2 Å². The zero-order chi connectivity index (χ0) is 15.6. The highest BCUT2D eigenvalue weighted by Crippen LogP contribution is 2.24. The van der Waals surface area contributed by atoms with Gasteiger partial charge in [0.15, 0.2) is 0 Å². The summed E-state index contributed by atoms with van der Waals surface area (Å²) in [5, 5.41) is 0. The van der Waals surface area contributed by atoms with Crippen LogP contribution in [0.25, 0.3) is 0 Å². The quantitative estimate of drug-likeness (QED) is 0.806. The predicted octanol–water partition coefficient (Wildman–Crippen LogP) is 3.53. The molecule has 0 saturated heterocycles. The van der Waals surface area contributed by atoms with Crippen molar-refractivity contribution in [1.82, 2.24) is 0 Å². The molecular weight excluding hydrogens is 359 g/mol. The second-order valence-electron chi connectivity index (χ2n) is 4.45. The standard InChI is InChI=1S/C14H14BrFN2O2S/c1-2-9-3-5-11(8-14(9)17)21(19,20)18-10-4-6-13(16)12(15)7-10/h3-8,18H,2,17H2,1H3. The lowest BCUT2D eigenvalue weighted by Gasteiger charge is -2.10. The third kappa shape index (κ3) is 3.54. The number of hydrogen-bond donors (Lipinski definition) is 2. The lowest BCUT2D eigenvalue weighted by atomic mass is 10.1. The van der Waals surface area contributed by atoms with E-state index >= 15 is 0 Å². The van der Waals surface area contributed by atoms with Gasteiger partial charge in [0.2, 0.25) is 0 Å². The molecule has 0 amide bonds. The van der Waals surface area contributed by atoms with Crippen molar-refractivity contribution >= 4 is 37.3 Å². The summed E-state index contributed by atoms with van der Waals surface area (Å²) in [5.41, 5.74) is 7.40. The minimum absolute atomic E-state index is 0.0673. The molecule has 0 heterocycles. The van der Waals surface area contributed by atoms with Crippen LogP contribution >= 0.6 is 15.9 Å². The molecule has 3 N–H and O–H groups in total. The first kappa shape index (κ1) is 15.8. The highest BCUT2D eigenvalue weighted by molar-refractivity contribution is 9.10. The molecule has 0 aliphatic heterocycles. The van der Waals surface area contributed by atoms with Crippen LogP contribution in [-0.2, 0) is 16.4 Å². The second-order valence-corrected chi connectivity index (χ2v) is 6.99. The van der Waals surface area contributed by atoms with Crippen LogP contribution in [0.3, 0.4) is 0 Å². The van der Waals surface area contributed by atoms with E-state index in [2.05, 4.69) is 20.7 Å². The second kappa shape index (κ2) is 6.03. The summed E-state index contributed by atoms with van der Waals surface area (Å²) in [5.74, 6) is -0.463. The zero-order valence-electron chi connectivity index (χ0n) is 11.2. The summed E-state index contributed by atoms with van der Waals surface area (Å²) in [7, 11) is -3.76. The van der Waals surface area contributed by atoms with E-state index in [1.807, 2.05) is 6.92 Å². The van der Waals surface area contributed by atoms with E-state index in [1.165, 1.54) is 30.3 Å². The van der Waals surface area contributed by atoms with Crippen LogP contribution < -0.4 is 10.5 Å². The first-order valence-electron chi connectivity index (χ1n) is 6.19. The number of halogens is 2. The van der Waals surface area contributed by atoms with Crippen molar-refractivity contribution in [2.75, 3.05) is 10.5 Å². The summed E-state index contributed by atoms with van der Waals surface area (Å²) in [6, 6.07) is 8.48. The van der Waals surface area contributed by atoms with Crippen molar-refractivity contribution in [2.24, 2.45) is 0 Å². The lowest BCUT2D eigenvalue weighted by molar-refractivity contribution is 0.601. The monoisotopic (exact) mass is 372 g/mol. The SMILES string of the molecule is CCc1ccc(S(=O)(=O)Nc2ccc(F)c(Br)c2)cc1N. The highest BCUT2D eigenvalue weighted by atomic mass is 79.9. The van der Waals surface area contributed by atoms with Gasteiger partial charge in [-0.3, -0.25) is 4.72 Å². The number of nitrogens with two attached hydrogens (primary N) is 1. The summed E-state index contributed by atoms with van der Waals surface area (Å²) < 4.78 is 40.3. The largest absolute Gasteiger partial charge is 0.398 e. The van der Waals surface area contributed by atoms with Gasteiger partial charge in [0.1, 0.15) is 5.82 Å². The molecule has 0 spiro atoms. The number of benzene rings is 2. The number of anilines is 2. The van der Waals surface area contributed by atoms with E-state index in [4.69, 9.17) is 5.73 Å². The third-order valence-electron chi connectivity index (χ3n) is 2.98. The molecule has 0 unspecified atom stereocenters. The Labute approximate surface area is 131 Å².